The molecule has 1 unspecified atom stereocenters. The molecule has 114 valence electrons. The van der Waals surface area contributed by atoms with Crippen LogP contribution in [0.2, 0.25) is 0 Å². The Labute approximate surface area is 118 Å². The second-order valence-corrected chi connectivity index (χ2v) is 5.45. The molecule has 0 amide bonds. The topological polar surface area (TPSA) is 41.6 Å². The van der Waals surface area contributed by atoms with Crippen molar-refractivity contribution in [1.29, 1.82) is 0 Å². The third-order valence-corrected chi connectivity index (χ3v) is 3.41. The van der Waals surface area contributed by atoms with Crippen molar-refractivity contribution in [2.24, 2.45) is 5.92 Å². The van der Waals surface area contributed by atoms with Crippen molar-refractivity contribution in [1.82, 2.24) is 10.2 Å². The molecule has 0 fully saturated rings. The summed E-state index contributed by atoms with van der Waals surface area (Å²) in [5.41, 5.74) is 0. The number of methoxy groups -OCH3 is 1. The number of nitrogens with one attached hydrogen (secondary N) is 1. The lowest BCUT2D eigenvalue weighted by atomic mass is 10.1. The standard InChI is InChI=1S/C15H32N2O2/c1-7-13(8-2)17(10-12(4)5)11-14(16-9-3)15(18)19-6/h12-14,16H,7-11H2,1-6H3. The Hall–Kier alpha value is -0.610. The maximum Gasteiger partial charge on any atom is 0.324 e. The van der Waals surface area contributed by atoms with Gasteiger partial charge in [0.05, 0.1) is 7.11 Å². The molecule has 0 rings (SSSR count). The maximum atomic E-state index is 11.8. The zero-order valence-electron chi connectivity index (χ0n) is 13.5. The van der Waals surface area contributed by atoms with Gasteiger partial charge in [-0.1, -0.05) is 34.6 Å². The van der Waals surface area contributed by atoms with Gasteiger partial charge in [0.15, 0.2) is 0 Å². The summed E-state index contributed by atoms with van der Waals surface area (Å²) in [6.45, 7) is 13.4. The van der Waals surface area contributed by atoms with Crippen LogP contribution >= 0.6 is 0 Å². The number of rotatable bonds is 10. The highest BCUT2D eigenvalue weighted by atomic mass is 16.5. The van der Waals surface area contributed by atoms with E-state index in [0.29, 0.717) is 12.0 Å². The van der Waals surface area contributed by atoms with Crippen LogP contribution in [0.5, 0.6) is 0 Å². The summed E-state index contributed by atoms with van der Waals surface area (Å²) in [6.07, 6.45) is 2.23. The van der Waals surface area contributed by atoms with Crippen molar-refractivity contribution >= 4 is 5.97 Å². The number of hydrogen-bond donors (Lipinski definition) is 1. The molecule has 0 saturated heterocycles. The van der Waals surface area contributed by atoms with Crippen molar-refractivity contribution in [3.05, 3.63) is 0 Å². The molecule has 0 radical (unpaired) electrons. The molecule has 0 aliphatic carbocycles. The highest BCUT2D eigenvalue weighted by molar-refractivity contribution is 5.75. The Morgan fingerprint density at radius 2 is 1.74 bits per heavy atom. The van der Waals surface area contributed by atoms with Gasteiger partial charge in [-0.25, -0.2) is 0 Å². The summed E-state index contributed by atoms with van der Waals surface area (Å²) in [7, 11) is 1.45. The number of esters is 1. The normalized spacial score (nSPS) is 13.3. The predicted molar refractivity (Wildman–Crippen MR) is 80.3 cm³/mol. The van der Waals surface area contributed by atoms with E-state index in [1.165, 1.54) is 7.11 Å². The summed E-state index contributed by atoms with van der Waals surface area (Å²) < 4.78 is 4.89. The van der Waals surface area contributed by atoms with Crippen LogP contribution < -0.4 is 5.32 Å². The van der Waals surface area contributed by atoms with E-state index >= 15 is 0 Å². The van der Waals surface area contributed by atoms with Crippen molar-refractivity contribution < 1.29 is 9.53 Å². The highest BCUT2D eigenvalue weighted by Gasteiger charge is 2.25. The summed E-state index contributed by atoms with van der Waals surface area (Å²) >= 11 is 0. The Morgan fingerprint density at radius 1 is 1.16 bits per heavy atom. The van der Waals surface area contributed by atoms with Gasteiger partial charge >= 0.3 is 5.97 Å². The number of ether oxygens (including phenoxy) is 1. The molecule has 0 aliphatic rings. The molecule has 1 atom stereocenters. The van der Waals surface area contributed by atoms with Gasteiger partial charge in [0.2, 0.25) is 0 Å². The fourth-order valence-electron chi connectivity index (χ4n) is 2.49. The zero-order chi connectivity index (χ0) is 14.8. The van der Waals surface area contributed by atoms with Crippen molar-refractivity contribution in [2.75, 3.05) is 26.7 Å². The largest absolute Gasteiger partial charge is 0.468 e. The van der Waals surface area contributed by atoms with Crippen LogP contribution in [0.4, 0.5) is 0 Å². The Kier molecular flexibility index (Phi) is 9.88. The van der Waals surface area contributed by atoms with Gasteiger partial charge in [0.25, 0.3) is 0 Å². The molecular formula is C15H32N2O2. The van der Waals surface area contributed by atoms with Crippen molar-refractivity contribution in [3.63, 3.8) is 0 Å². The van der Waals surface area contributed by atoms with Gasteiger partial charge in [-0.3, -0.25) is 9.69 Å². The third kappa shape index (κ3) is 6.92. The quantitative estimate of drug-likeness (QED) is 0.620. The third-order valence-electron chi connectivity index (χ3n) is 3.41. The average Bonchev–Trinajstić information content (AvgIpc) is 2.37. The lowest BCUT2D eigenvalue weighted by Crippen LogP contribution is -2.50. The van der Waals surface area contributed by atoms with E-state index in [9.17, 15) is 4.79 Å². The molecule has 0 aromatic rings. The lowest BCUT2D eigenvalue weighted by molar-refractivity contribution is -0.143. The Morgan fingerprint density at radius 3 is 2.11 bits per heavy atom. The average molecular weight is 272 g/mol. The number of hydrogen-bond acceptors (Lipinski definition) is 4. The molecule has 1 N–H and O–H groups in total. The second kappa shape index (κ2) is 10.2. The first-order chi connectivity index (χ1) is 8.99. The van der Waals surface area contributed by atoms with Crippen LogP contribution in [0.3, 0.4) is 0 Å². The number of likely N-dealkylation sites (N-methyl/N-ethyl adjacent to an activating group) is 1. The highest BCUT2D eigenvalue weighted by Crippen LogP contribution is 2.12. The minimum Gasteiger partial charge on any atom is -0.468 e. The fourth-order valence-corrected chi connectivity index (χ4v) is 2.49. The van der Waals surface area contributed by atoms with Crippen molar-refractivity contribution in [2.45, 2.75) is 59.5 Å². The van der Waals surface area contributed by atoms with Crippen LogP contribution in [0, 0.1) is 5.92 Å². The van der Waals surface area contributed by atoms with Gasteiger partial charge in [-0.15, -0.1) is 0 Å². The van der Waals surface area contributed by atoms with Crippen LogP contribution in [0.25, 0.3) is 0 Å². The predicted octanol–water partition coefficient (Wildman–Crippen LogP) is 2.28. The van der Waals surface area contributed by atoms with Gasteiger partial charge in [-0.2, -0.15) is 0 Å². The second-order valence-electron chi connectivity index (χ2n) is 5.45. The molecule has 0 aliphatic heterocycles. The molecule has 0 saturated carbocycles. The molecule has 0 bridgehead atoms. The van der Waals surface area contributed by atoms with E-state index in [4.69, 9.17) is 4.74 Å². The number of carbonyl (C=O) groups excluding carboxylic acids is 1. The molecule has 4 heteroatoms. The fraction of sp³-hybridized carbons (Fsp3) is 0.933. The number of nitrogens with zero attached hydrogens (tertiary/aromatic N) is 1. The van der Waals surface area contributed by atoms with E-state index in [0.717, 1.165) is 32.5 Å². The first kappa shape index (κ1) is 18.4. The minimum atomic E-state index is -0.227. The molecule has 0 spiro atoms. The van der Waals surface area contributed by atoms with Crippen LogP contribution in [-0.4, -0.2) is 49.7 Å². The summed E-state index contributed by atoms with van der Waals surface area (Å²) in [6, 6.07) is 0.308. The smallest absolute Gasteiger partial charge is 0.324 e. The number of carbonyl (C=O) groups is 1. The first-order valence-corrected chi connectivity index (χ1v) is 7.55. The molecular weight excluding hydrogens is 240 g/mol. The summed E-state index contributed by atoms with van der Waals surface area (Å²) in [5.74, 6) is 0.432. The summed E-state index contributed by atoms with van der Waals surface area (Å²) in [4.78, 5) is 14.2. The SMILES string of the molecule is CCNC(CN(CC(C)C)C(CC)CC)C(=O)OC. The van der Waals surface area contributed by atoms with E-state index in [-0.39, 0.29) is 12.0 Å². The van der Waals surface area contributed by atoms with E-state index in [2.05, 4.69) is 37.9 Å². The van der Waals surface area contributed by atoms with E-state index in [1.807, 2.05) is 6.92 Å². The van der Waals surface area contributed by atoms with Crippen LogP contribution in [-0.2, 0) is 9.53 Å². The first-order valence-electron chi connectivity index (χ1n) is 7.55. The monoisotopic (exact) mass is 272 g/mol. The van der Waals surface area contributed by atoms with Gasteiger partial charge in [-0.05, 0) is 25.3 Å². The van der Waals surface area contributed by atoms with Gasteiger partial charge < -0.3 is 10.1 Å². The summed E-state index contributed by atoms with van der Waals surface area (Å²) in [5, 5.41) is 3.22. The van der Waals surface area contributed by atoms with E-state index < -0.39 is 0 Å². The molecule has 4 nitrogen and oxygen atoms in total. The molecule has 19 heavy (non-hydrogen) atoms. The minimum absolute atomic E-state index is 0.165. The maximum absolute atomic E-state index is 11.8. The zero-order valence-corrected chi connectivity index (χ0v) is 13.5. The van der Waals surface area contributed by atoms with Crippen LogP contribution in [0.1, 0.15) is 47.5 Å². The molecule has 0 aromatic heterocycles. The molecule has 0 aromatic carbocycles. The van der Waals surface area contributed by atoms with Crippen LogP contribution in [0.15, 0.2) is 0 Å². The Bertz CT molecular complexity index is 240. The van der Waals surface area contributed by atoms with Crippen molar-refractivity contribution in [3.8, 4) is 0 Å². The van der Waals surface area contributed by atoms with E-state index in [1.54, 1.807) is 0 Å². The molecule has 0 heterocycles. The van der Waals surface area contributed by atoms with Gasteiger partial charge in [0, 0.05) is 19.1 Å². The van der Waals surface area contributed by atoms with Gasteiger partial charge in [0.1, 0.15) is 6.04 Å². The Balaban J connectivity index is 4.77. The lowest BCUT2D eigenvalue weighted by Gasteiger charge is -2.34.